The van der Waals surface area contributed by atoms with Crippen molar-refractivity contribution in [1.82, 2.24) is 5.16 Å². The SMILES string of the molecule is COc1noc(C(=O)O)c1-c1ccccc1. The summed E-state index contributed by atoms with van der Waals surface area (Å²) in [5.74, 6) is -1.22. The van der Waals surface area contributed by atoms with Gasteiger partial charge >= 0.3 is 5.97 Å². The molecule has 16 heavy (non-hydrogen) atoms. The summed E-state index contributed by atoms with van der Waals surface area (Å²) in [6.45, 7) is 0. The first-order valence-electron chi connectivity index (χ1n) is 4.56. The molecule has 0 unspecified atom stereocenters. The summed E-state index contributed by atoms with van der Waals surface area (Å²) in [4.78, 5) is 10.9. The Balaban J connectivity index is 2.62. The van der Waals surface area contributed by atoms with Gasteiger partial charge < -0.3 is 14.4 Å². The highest BCUT2D eigenvalue weighted by molar-refractivity contribution is 5.94. The normalized spacial score (nSPS) is 10.1. The summed E-state index contributed by atoms with van der Waals surface area (Å²) in [7, 11) is 1.41. The van der Waals surface area contributed by atoms with E-state index in [0.717, 1.165) is 0 Å². The lowest BCUT2D eigenvalue weighted by molar-refractivity contribution is 0.0653. The van der Waals surface area contributed by atoms with E-state index in [9.17, 15) is 4.79 Å². The van der Waals surface area contributed by atoms with Crippen LogP contribution in [0.15, 0.2) is 34.9 Å². The maximum atomic E-state index is 10.9. The molecule has 0 bridgehead atoms. The van der Waals surface area contributed by atoms with Gasteiger partial charge in [0.1, 0.15) is 5.56 Å². The van der Waals surface area contributed by atoms with Crippen LogP contribution >= 0.6 is 0 Å². The quantitative estimate of drug-likeness (QED) is 0.855. The summed E-state index contributed by atoms with van der Waals surface area (Å²) in [5, 5.41) is 12.5. The zero-order chi connectivity index (χ0) is 11.5. The highest BCUT2D eigenvalue weighted by Gasteiger charge is 2.23. The van der Waals surface area contributed by atoms with Crippen LogP contribution in [0.25, 0.3) is 11.1 Å². The lowest BCUT2D eigenvalue weighted by Gasteiger charge is -2.00. The van der Waals surface area contributed by atoms with Crippen LogP contribution in [-0.4, -0.2) is 23.3 Å². The molecule has 0 atom stereocenters. The van der Waals surface area contributed by atoms with Crippen LogP contribution in [0.1, 0.15) is 10.6 Å². The van der Waals surface area contributed by atoms with E-state index in [1.165, 1.54) is 7.11 Å². The fourth-order valence-corrected chi connectivity index (χ4v) is 1.42. The van der Waals surface area contributed by atoms with E-state index in [1.807, 2.05) is 6.07 Å². The number of carboxylic acid groups (broad SMARTS) is 1. The summed E-state index contributed by atoms with van der Waals surface area (Å²) in [6, 6.07) is 8.97. The molecule has 0 amide bonds. The monoisotopic (exact) mass is 219 g/mol. The minimum absolute atomic E-state index is 0.170. The molecule has 2 rings (SSSR count). The average molecular weight is 219 g/mol. The zero-order valence-corrected chi connectivity index (χ0v) is 8.51. The topological polar surface area (TPSA) is 72.6 Å². The van der Waals surface area contributed by atoms with E-state index >= 15 is 0 Å². The van der Waals surface area contributed by atoms with Crippen molar-refractivity contribution in [2.75, 3.05) is 7.11 Å². The number of aromatic carboxylic acids is 1. The van der Waals surface area contributed by atoms with Crippen molar-refractivity contribution in [2.45, 2.75) is 0 Å². The Hall–Kier alpha value is -2.30. The van der Waals surface area contributed by atoms with Crippen molar-refractivity contribution in [2.24, 2.45) is 0 Å². The number of aromatic nitrogens is 1. The Kier molecular flexibility index (Phi) is 2.59. The zero-order valence-electron chi connectivity index (χ0n) is 8.51. The molecule has 0 aliphatic carbocycles. The van der Waals surface area contributed by atoms with Crippen LogP contribution in [0.4, 0.5) is 0 Å². The fourth-order valence-electron chi connectivity index (χ4n) is 1.42. The van der Waals surface area contributed by atoms with E-state index in [1.54, 1.807) is 24.3 Å². The summed E-state index contributed by atoms with van der Waals surface area (Å²) < 4.78 is 9.69. The molecule has 82 valence electrons. The van der Waals surface area contributed by atoms with Crippen molar-refractivity contribution in [3.8, 4) is 17.0 Å². The highest BCUT2D eigenvalue weighted by atomic mass is 16.5. The van der Waals surface area contributed by atoms with Crippen molar-refractivity contribution >= 4 is 5.97 Å². The van der Waals surface area contributed by atoms with Gasteiger partial charge in [0.05, 0.1) is 7.11 Å². The van der Waals surface area contributed by atoms with E-state index in [4.69, 9.17) is 14.4 Å². The second kappa shape index (κ2) is 4.06. The maximum absolute atomic E-state index is 10.9. The molecule has 1 heterocycles. The number of rotatable bonds is 3. The number of hydrogen-bond acceptors (Lipinski definition) is 4. The highest BCUT2D eigenvalue weighted by Crippen LogP contribution is 2.32. The molecular formula is C11H9NO4. The van der Waals surface area contributed by atoms with Gasteiger partial charge in [-0.25, -0.2) is 4.79 Å². The Morgan fingerprint density at radius 2 is 2.06 bits per heavy atom. The maximum Gasteiger partial charge on any atom is 0.375 e. The Labute approximate surface area is 91.3 Å². The number of methoxy groups -OCH3 is 1. The molecule has 0 radical (unpaired) electrons. The van der Waals surface area contributed by atoms with Gasteiger partial charge in [-0.1, -0.05) is 30.3 Å². The standard InChI is InChI=1S/C11H9NO4/c1-15-10-8(7-5-3-2-4-6-7)9(11(13)14)16-12-10/h2-6H,1H3,(H,13,14). The third-order valence-corrected chi connectivity index (χ3v) is 2.11. The largest absolute Gasteiger partial charge is 0.478 e. The second-order valence-electron chi connectivity index (χ2n) is 3.07. The Morgan fingerprint density at radius 1 is 1.38 bits per heavy atom. The van der Waals surface area contributed by atoms with E-state index < -0.39 is 5.97 Å². The molecule has 1 aromatic heterocycles. The van der Waals surface area contributed by atoms with Crippen LogP contribution in [0.5, 0.6) is 5.88 Å². The van der Waals surface area contributed by atoms with E-state index in [-0.39, 0.29) is 11.6 Å². The minimum atomic E-state index is -1.17. The van der Waals surface area contributed by atoms with Crippen LogP contribution in [0.3, 0.4) is 0 Å². The van der Waals surface area contributed by atoms with E-state index in [2.05, 4.69) is 5.16 Å². The Bertz CT molecular complexity index is 504. The van der Waals surface area contributed by atoms with Crippen molar-refractivity contribution in [3.05, 3.63) is 36.1 Å². The second-order valence-corrected chi connectivity index (χ2v) is 3.07. The van der Waals surface area contributed by atoms with E-state index in [0.29, 0.717) is 11.1 Å². The first-order valence-corrected chi connectivity index (χ1v) is 4.56. The van der Waals surface area contributed by atoms with Gasteiger partial charge in [0.25, 0.3) is 11.6 Å². The molecular weight excluding hydrogens is 210 g/mol. The molecule has 1 aromatic carbocycles. The number of nitrogens with zero attached hydrogens (tertiary/aromatic N) is 1. The van der Waals surface area contributed by atoms with Gasteiger partial charge in [0, 0.05) is 0 Å². The van der Waals surface area contributed by atoms with Crippen LogP contribution < -0.4 is 4.74 Å². The molecule has 0 fully saturated rings. The average Bonchev–Trinajstić information content (AvgIpc) is 2.73. The summed E-state index contributed by atoms with van der Waals surface area (Å²) >= 11 is 0. The minimum Gasteiger partial charge on any atom is -0.478 e. The fraction of sp³-hybridized carbons (Fsp3) is 0.0909. The molecule has 2 aromatic rings. The third kappa shape index (κ3) is 1.63. The molecule has 0 aliphatic rings. The predicted molar refractivity (Wildman–Crippen MR) is 55.5 cm³/mol. The summed E-state index contributed by atoms with van der Waals surface area (Å²) in [6.07, 6.45) is 0. The van der Waals surface area contributed by atoms with Crippen LogP contribution in [0, 0.1) is 0 Å². The van der Waals surface area contributed by atoms with Gasteiger partial charge in [-0.15, -0.1) is 0 Å². The molecule has 0 aliphatic heterocycles. The van der Waals surface area contributed by atoms with Crippen LogP contribution in [0.2, 0.25) is 0 Å². The lowest BCUT2D eigenvalue weighted by Crippen LogP contribution is -1.96. The molecule has 1 N–H and O–H groups in total. The van der Waals surface area contributed by atoms with Gasteiger partial charge in [-0.05, 0) is 10.7 Å². The van der Waals surface area contributed by atoms with Gasteiger partial charge in [0.2, 0.25) is 0 Å². The molecule has 0 saturated heterocycles. The first-order chi connectivity index (χ1) is 7.74. The summed E-state index contributed by atoms with van der Waals surface area (Å²) in [5.41, 5.74) is 1.05. The van der Waals surface area contributed by atoms with Gasteiger partial charge in [-0.2, -0.15) is 0 Å². The molecule has 0 spiro atoms. The molecule has 0 saturated carbocycles. The number of ether oxygens (including phenoxy) is 1. The molecule has 5 heteroatoms. The van der Waals surface area contributed by atoms with Crippen molar-refractivity contribution < 1.29 is 19.2 Å². The number of carbonyl (C=O) groups is 1. The number of hydrogen-bond donors (Lipinski definition) is 1. The number of carboxylic acids is 1. The van der Waals surface area contributed by atoms with Crippen molar-refractivity contribution in [1.29, 1.82) is 0 Å². The third-order valence-electron chi connectivity index (χ3n) is 2.11. The van der Waals surface area contributed by atoms with Gasteiger partial charge in [-0.3, -0.25) is 0 Å². The Morgan fingerprint density at radius 3 is 2.62 bits per heavy atom. The van der Waals surface area contributed by atoms with Crippen LogP contribution in [-0.2, 0) is 0 Å². The first kappa shape index (κ1) is 10.2. The predicted octanol–water partition coefficient (Wildman–Crippen LogP) is 2.05. The molecule has 5 nitrogen and oxygen atoms in total. The smallest absolute Gasteiger partial charge is 0.375 e. The lowest BCUT2D eigenvalue weighted by atomic mass is 10.1. The number of benzene rings is 1. The van der Waals surface area contributed by atoms with Crippen molar-refractivity contribution in [3.63, 3.8) is 0 Å². The van der Waals surface area contributed by atoms with Gasteiger partial charge in [0.15, 0.2) is 0 Å².